The molecule has 1 unspecified atom stereocenters. The molecular formula is C12H21NO3S. The predicted molar refractivity (Wildman–Crippen MR) is 67.6 cm³/mol. The highest BCUT2D eigenvalue weighted by molar-refractivity contribution is 7.91. The summed E-state index contributed by atoms with van der Waals surface area (Å²) in [6, 6.07) is 0. The summed E-state index contributed by atoms with van der Waals surface area (Å²) in [5, 5.41) is -0.581. The third kappa shape index (κ3) is 2.49. The van der Waals surface area contributed by atoms with Crippen LogP contribution in [0.1, 0.15) is 52.9 Å². The zero-order valence-electron chi connectivity index (χ0n) is 10.8. The quantitative estimate of drug-likeness (QED) is 0.727. The second-order valence-corrected chi connectivity index (χ2v) is 7.55. The molecule has 1 saturated carbocycles. The van der Waals surface area contributed by atoms with Gasteiger partial charge in [-0.3, -0.25) is 0 Å². The van der Waals surface area contributed by atoms with E-state index >= 15 is 0 Å². The summed E-state index contributed by atoms with van der Waals surface area (Å²) in [6.07, 6.45) is 5.51. The Kier molecular flexibility index (Phi) is 3.23. The molecule has 0 aromatic rings. The molecule has 1 atom stereocenters. The van der Waals surface area contributed by atoms with Crippen LogP contribution >= 0.6 is 0 Å². The molecule has 0 saturated heterocycles. The number of ether oxygens (including phenoxy) is 1. The van der Waals surface area contributed by atoms with E-state index in [-0.39, 0.29) is 5.92 Å². The molecule has 2 aliphatic rings. The van der Waals surface area contributed by atoms with Gasteiger partial charge in [0, 0.05) is 5.92 Å². The summed E-state index contributed by atoms with van der Waals surface area (Å²) < 4.78 is 33.7. The lowest BCUT2D eigenvalue weighted by molar-refractivity contribution is 0.0769. The summed E-state index contributed by atoms with van der Waals surface area (Å²) in [6.45, 7) is 5.32. The topological polar surface area (TPSA) is 55.7 Å². The number of nitrogens with zero attached hydrogens (tertiary/aromatic N) is 1. The highest BCUT2D eigenvalue weighted by atomic mass is 32.2. The van der Waals surface area contributed by atoms with E-state index in [0.29, 0.717) is 5.90 Å². The van der Waals surface area contributed by atoms with Gasteiger partial charge in [-0.05, 0) is 33.6 Å². The van der Waals surface area contributed by atoms with E-state index in [1.165, 1.54) is 6.42 Å². The van der Waals surface area contributed by atoms with Gasteiger partial charge in [0.1, 0.15) is 10.9 Å². The van der Waals surface area contributed by atoms with E-state index in [1.54, 1.807) is 6.92 Å². The maximum atomic E-state index is 12.0. The highest BCUT2D eigenvalue weighted by Crippen LogP contribution is 2.33. The van der Waals surface area contributed by atoms with Gasteiger partial charge in [-0.25, -0.2) is 8.42 Å². The van der Waals surface area contributed by atoms with Crippen molar-refractivity contribution in [3.63, 3.8) is 0 Å². The van der Waals surface area contributed by atoms with Crippen LogP contribution in [0.15, 0.2) is 4.40 Å². The van der Waals surface area contributed by atoms with E-state index in [4.69, 9.17) is 4.74 Å². The largest absolute Gasteiger partial charge is 0.473 e. The molecule has 1 heterocycles. The molecule has 0 aromatic heterocycles. The zero-order chi connectivity index (χ0) is 12.7. The normalized spacial score (nSPS) is 32.6. The van der Waals surface area contributed by atoms with Crippen LogP contribution in [0.2, 0.25) is 0 Å². The maximum Gasteiger partial charge on any atom is 0.262 e. The first kappa shape index (κ1) is 12.9. The van der Waals surface area contributed by atoms with Crippen molar-refractivity contribution in [3.8, 4) is 0 Å². The molecule has 0 spiro atoms. The highest BCUT2D eigenvalue weighted by Gasteiger charge is 2.44. The molecule has 17 heavy (non-hydrogen) atoms. The van der Waals surface area contributed by atoms with Crippen LogP contribution in [0.3, 0.4) is 0 Å². The van der Waals surface area contributed by atoms with Gasteiger partial charge in [0.05, 0.1) is 0 Å². The maximum absolute atomic E-state index is 12.0. The first-order valence-corrected chi connectivity index (χ1v) is 7.86. The Morgan fingerprint density at radius 1 is 1.24 bits per heavy atom. The summed E-state index contributed by atoms with van der Waals surface area (Å²) in [7, 11) is -3.40. The van der Waals surface area contributed by atoms with Gasteiger partial charge in [0.25, 0.3) is 10.0 Å². The summed E-state index contributed by atoms with van der Waals surface area (Å²) in [4.78, 5) is 0. The zero-order valence-corrected chi connectivity index (χ0v) is 11.6. The molecule has 2 rings (SSSR count). The lowest BCUT2D eigenvalue weighted by Crippen LogP contribution is -2.48. The molecule has 0 aromatic carbocycles. The Bertz CT molecular complexity index is 419. The fourth-order valence-electron chi connectivity index (χ4n) is 2.44. The molecule has 0 bridgehead atoms. The molecule has 1 aliphatic heterocycles. The fourth-order valence-corrected chi connectivity index (χ4v) is 3.80. The van der Waals surface area contributed by atoms with Crippen LogP contribution in [-0.4, -0.2) is 25.2 Å². The molecule has 1 aliphatic carbocycles. The van der Waals surface area contributed by atoms with Gasteiger partial charge < -0.3 is 4.74 Å². The van der Waals surface area contributed by atoms with E-state index in [0.717, 1.165) is 25.7 Å². The third-order valence-electron chi connectivity index (χ3n) is 3.97. The van der Waals surface area contributed by atoms with Gasteiger partial charge in [-0.2, -0.15) is 0 Å². The minimum Gasteiger partial charge on any atom is -0.473 e. The third-order valence-corrected chi connectivity index (χ3v) is 5.86. The van der Waals surface area contributed by atoms with Crippen molar-refractivity contribution in [1.29, 1.82) is 0 Å². The van der Waals surface area contributed by atoms with Gasteiger partial charge in [-0.15, -0.1) is 4.40 Å². The van der Waals surface area contributed by atoms with Crippen molar-refractivity contribution in [2.45, 2.75) is 63.7 Å². The molecule has 98 valence electrons. The second-order valence-electron chi connectivity index (χ2n) is 5.63. The average molecular weight is 259 g/mol. The number of hydrogen-bond donors (Lipinski definition) is 0. The Balaban J connectivity index is 2.29. The number of hydrogen-bond acceptors (Lipinski definition) is 3. The van der Waals surface area contributed by atoms with Crippen molar-refractivity contribution in [2.75, 3.05) is 0 Å². The van der Waals surface area contributed by atoms with Gasteiger partial charge >= 0.3 is 0 Å². The van der Waals surface area contributed by atoms with Crippen molar-refractivity contribution in [3.05, 3.63) is 0 Å². The smallest absolute Gasteiger partial charge is 0.262 e. The van der Waals surface area contributed by atoms with E-state index in [1.807, 2.05) is 13.8 Å². The van der Waals surface area contributed by atoms with Crippen LogP contribution < -0.4 is 0 Å². The van der Waals surface area contributed by atoms with Crippen molar-refractivity contribution in [2.24, 2.45) is 10.3 Å². The Hall–Kier alpha value is -0.580. The van der Waals surface area contributed by atoms with E-state index < -0.39 is 20.9 Å². The molecular weight excluding hydrogens is 238 g/mol. The van der Waals surface area contributed by atoms with Crippen molar-refractivity contribution >= 4 is 15.9 Å². The molecule has 5 heteroatoms. The first-order valence-electron chi connectivity index (χ1n) is 6.35. The minimum atomic E-state index is -3.40. The summed E-state index contributed by atoms with van der Waals surface area (Å²) in [5.74, 6) is 0.651. The van der Waals surface area contributed by atoms with Crippen molar-refractivity contribution in [1.82, 2.24) is 0 Å². The van der Waals surface area contributed by atoms with Crippen LogP contribution in [0, 0.1) is 5.92 Å². The van der Waals surface area contributed by atoms with Crippen LogP contribution in [0.25, 0.3) is 0 Å². The Morgan fingerprint density at radius 2 is 1.82 bits per heavy atom. The van der Waals surface area contributed by atoms with E-state index in [9.17, 15) is 8.42 Å². The van der Waals surface area contributed by atoms with Crippen molar-refractivity contribution < 1.29 is 13.2 Å². The number of rotatable bonds is 1. The summed E-state index contributed by atoms with van der Waals surface area (Å²) in [5.41, 5.74) is -0.673. The first-order chi connectivity index (χ1) is 7.83. The summed E-state index contributed by atoms with van der Waals surface area (Å²) >= 11 is 0. The van der Waals surface area contributed by atoms with Gasteiger partial charge in [0.2, 0.25) is 5.90 Å². The van der Waals surface area contributed by atoms with E-state index in [2.05, 4.69) is 4.40 Å². The number of sulfonamides is 1. The fraction of sp³-hybridized carbons (Fsp3) is 0.917. The standard InChI is InChI=1S/C12H21NO3S/c1-9-12(2,3)16-11(13-17(9,14)15)10-7-5-4-6-8-10/h9-10H,4-8H2,1-3H3. The monoisotopic (exact) mass is 259 g/mol. The Morgan fingerprint density at radius 3 is 2.35 bits per heavy atom. The van der Waals surface area contributed by atoms with Gasteiger partial charge in [0.15, 0.2) is 0 Å². The SMILES string of the molecule is CC1C(C)(C)OC(C2CCCCC2)=NS1(=O)=O. The molecule has 1 fully saturated rings. The Labute approximate surface area is 104 Å². The van der Waals surface area contributed by atoms with Crippen LogP contribution in [-0.2, 0) is 14.8 Å². The molecule has 4 nitrogen and oxygen atoms in total. The molecule has 0 amide bonds. The molecule has 0 N–H and O–H groups in total. The van der Waals surface area contributed by atoms with Crippen LogP contribution in [0.5, 0.6) is 0 Å². The van der Waals surface area contributed by atoms with Gasteiger partial charge in [-0.1, -0.05) is 19.3 Å². The second kappa shape index (κ2) is 4.26. The van der Waals surface area contributed by atoms with Crippen LogP contribution in [0.4, 0.5) is 0 Å². The average Bonchev–Trinajstić information content (AvgIpc) is 2.26. The lowest BCUT2D eigenvalue weighted by atomic mass is 9.89. The molecule has 0 radical (unpaired) electrons. The minimum absolute atomic E-state index is 0.199. The lowest BCUT2D eigenvalue weighted by Gasteiger charge is -2.38. The predicted octanol–water partition coefficient (Wildman–Crippen LogP) is 2.49.